The second kappa shape index (κ2) is 11.4. The molecule has 0 saturated heterocycles. The normalized spacial score (nSPS) is 17.0. The molecule has 0 radical (unpaired) electrons. The smallest absolute Gasteiger partial charge is 0.325 e. The maximum atomic E-state index is 11.8. The molecule has 0 atom stereocenters. The third-order valence-electron chi connectivity index (χ3n) is 3.75. The van der Waals surface area contributed by atoms with Gasteiger partial charge in [0.2, 0.25) is 0 Å². The summed E-state index contributed by atoms with van der Waals surface area (Å²) in [5.74, 6) is 2.84. The molecule has 0 unspecified atom stereocenters. The number of rotatable bonds is 2. The lowest BCUT2D eigenvalue weighted by molar-refractivity contribution is -0.139. The molecule has 0 amide bonds. The number of carbonyl (C=O) groups excluding carboxylic acids is 1. The van der Waals surface area contributed by atoms with Crippen LogP contribution < -0.4 is 9.64 Å². The number of ether oxygens (including phenoxy) is 5. The molecule has 0 saturated carbocycles. The van der Waals surface area contributed by atoms with Gasteiger partial charge < -0.3 is 28.6 Å². The Morgan fingerprint density at radius 2 is 1.77 bits per heavy atom. The zero-order chi connectivity index (χ0) is 18.6. The van der Waals surface area contributed by atoms with Crippen LogP contribution in [-0.4, -0.2) is 72.4 Å². The van der Waals surface area contributed by atoms with E-state index in [1.807, 2.05) is 17.0 Å². The van der Waals surface area contributed by atoms with E-state index < -0.39 is 0 Å². The highest BCUT2D eigenvalue weighted by atomic mass is 16.6. The van der Waals surface area contributed by atoms with Crippen molar-refractivity contribution in [1.29, 1.82) is 0 Å². The van der Waals surface area contributed by atoms with E-state index in [4.69, 9.17) is 30.1 Å². The fraction of sp³-hybridized carbons (Fsp3) is 0.526. The van der Waals surface area contributed by atoms with Crippen molar-refractivity contribution in [1.82, 2.24) is 0 Å². The Hall–Kier alpha value is -2.27. The van der Waals surface area contributed by atoms with Crippen molar-refractivity contribution in [3.8, 4) is 18.1 Å². The van der Waals surface area contributed by atoms with Crippen molar-refractivity contribution in [2.24, 2.45) is 0 Å². The second-order valence-corrected chi connectivity index (χ2v) is 5.51. The van der Waals surface area contributed by atoms with Gasteiger partial charge in [0.1, 0.15) is 18.9 Å². The van der Waals surface area contributed by atoms with E-state index in [-0.39, 0.29) is 12.5 Å². The van der Waals surface area contributed by atoms with Gasteiger partial charge >= 0.3 is 5.97 Å². The summed E-state index contributed by atoms with van der Waals surface area (Å²) in [6.45, 7) is 3.79. The highest BCUT2D eigenvalue weighted by molar-refractivity contribution is 5.77. The van der Waals surface area contributed by atoms with Crippen LogP contribution in [0.1, 0.15) is 5.56 Å². The van der Waals surface area contributed by atoms with Gasteiger partial charge in [-0.1, -0.05) is 5.92 Å². The molecule has 0 aromatic heterocycles. The molecule has 7 nitrogen and oxygen atoms in total. The molecule has 1 aliphatic heterocycles. The van der Waals surface area contributed by atoms with Crippen molar-refractivity contribution in [2.45, 2.75) is 0 Å². The number of fused-ring (bicyclic) bond motifs is 1. The highest BCUT2D eigenvalue weighted by Gasteiger charge is 2.17. The summed E-state index contributed by atoms with van der Waals surface area (Å²) in [5.41, 5.74) is 1.45. The molecule has 7 heteroatoms. The third-order valence-corrected chi connectivity index (χ3v) is 3.75. The van der Waals surface area contributed by atoms with Crippen LogP contribution in [0.15, 0.2) is 18.2 Å². The average molecular weight is 363 g/mol. The SMILES string of the molecule is C#Cc1ccc2c(c1)OCCOCCOCCOCCN2CC(=O)OC. The number of terminal acetylenes is 1. The molecule has 0 fully saturated rings. The molecule has 1 aliphatic rings. The highest BCUT2D eigenvalue weighted by Crippen LogP contribution is 2.29. The van der Waals surface area contributed by atoms with Gasteiger partial charge in [0.15, 0.2) is 0 Å². The Morgan fingerprint density at radius 3 is 2.42 bits per heavy atom. The van der Waals surface area contributed by atoms with Crippen molar-refractivity contribution in [3.63, 3.8) is 0 Å². The molecular formula is C19H25NO6. The molecule has 26 heavy (non-hydrogen) atoms. The van der Waals surface area contributed by atoms with Crippen molar-refractivity contribution in [2.75, 3.05) is 71.3 Å². The monoisotopic (exact) mass is 363 g/mol. The molecule has 0 spiro atoms. The van der Waals surface area contributed by atoms with Crippen LogP contribution in [0.4, 0.5) is 5.69 Å². The second-order valence-electron chi connectivity index (χ2n) is 5.51. The number of carbonyl (C=O) groups is 1. The van der Waals surface area contributed by atoms with Gasteiger partial charge in [-0.3, -0.25) is 4.79 Å². The first-order valence-electron chi connectivity index (χ1n) is 8.53. The van der Waals surface area contributed by atoms with E-state index in [2.05, 4.69) is 5.92 Å². The first-order chi connectivity index (χ1) is 12.7. The van der Waals surface area contributed by atoms with Crippen LogP contribution in [-0.2, 0) is 23.7 Å². The van der Waals surface area contributed by atoms with Gasteiger partial charge in [-0.05, 0) is 18.2 Å². The molecule has 0 aliphatic carbocycles. The summed E-state index contributed by atoms with van der Waals surface area (Å²) in [7, 11) is 1.36. The minimum absolute atomic E-state index is 0.0820. The van der Waals surface area contributed by atoms with E-state index in [9.17, 15) is 4.79 Å². The fourth-order valence-corrected chi connectivity index (χ4v) is 2.41. The van der Waals surface area contributed by atoms with Crippen LogP contribution in [0.5, 0.6) is 5.75 Å². The Bertz CT molecular complexity index is 613. The minimum Gasteiger partial charge on any atom is -0.489 e. The molecular weight excluding hydrogens is 338 g/mol. The maximum Gasteiger partial charge on any atom is 0.325 e. The molecule has 0 bridgehead atoms. The predicted octanol–water partition coefficient (Wildman–Crippen LogP) is 1.09. The summed E-state index contributed by atoms with van der Waals surface area (Å²) in [4.78, 5) is 13.7. The Kier molecular flexibility index (Phi) is 8.76. The zero-order valence-corrected chi connectivity index (χ0v) is 15.1. The summed E-state index contributed by atoms with van der Waals surface area (Å²) in [5, 5.41) is 0. The van der Waals surface area contributed by atoms with Crippen molar-refractivity contribution >= 4 is 11.7 Å². The number of benzene rings is 1. The van der Waals surface area contributed by atoms with E-state index in [0.29, 0.717) is 64.1 Å². The fourth-order valence-electron chi connectivity index (χ4n) is 2.41. The third kappa shape index (κ3) is 6.56. The number of methoxy groups -OCH3 is 1. The van der Waals surface area contributed by atoms with Crippen molar-refractivity contribution in [3.05, 3.63) is 23.8 Å². The first-order valence-corrected chi connectivity index (χ1v) is 8.53. The van der Waals surface area contributed by atoms with Crippen molar-refractivity contribution < 1.29 is 28.5 Å². The number of hydrogen-bond acceptors (Lipinski definition) is 7. The number of hydrogen-bond donors (Lipinski definition) is 0. The van der Waals surface area contributed by atoms with Gasteiger partial charge in [-0.2, -0.15) is 0 Å². The van der Waals surface area contributed by atoms with Crippen LogP contribution in [0.25, 0.3) is 0 Å². The quantitative estimate of drug-likeness (QED) is 0.576. The lowest BCUT2D eigenvalue weighted by atomic mass is 10.1. The van der Waals surface area contributed by atoms with E-state index in [0.717, 1.165) is 5.69 Å². The van der Waals surface area contributed by atoms with Gasteiger partial charge in [0.05, 0.1) is 52.4 Å². The van der Waals surface area contributed by atoms with Crippen LogP contribution in [0, 0.1) is 12.3 Å². The van der Waals surface area contributed by atoms with Gasteiger partial charge in [0, 0.05) is 12.1 Å². The Morgan fingerprint density at radius 1 is 1.12 bits per heavy atom. The maximum absolute atomic E-state index is 11.8. The summed E-state index contributed by atoms with van der Waals surface area (Å²) in [6.07, 6.45) is 5.49. The average Bonchev–Trinajstić information content (AvgIpc) is 2.67. The lowest BCUT2D eigenvalue weighted by Gasteiger charge is -2.26. The van der Waals surface area contributed by atoms with Gasteiger partial charge in [-0.15, -0.1) is 6.42 Å². The van der Waals surface area contributed by atoms with E-state index >= 15 is 0 Å². The summed E-state index contributed by atoms with van der Waals surface area (Å²) >= 11 is 0. The van der Waals surface area contributed by atoms with Crippen LogP contribution >= 0.6 is 0 Å². The molecule has 1 aromatic carbocycles. The van der Waals surface area contributed by atoms with Crippen LogP contribution in [0.2, 0.25) is 0 Å². The standard InChI is InChI=1S/C19H25NO6/c1-3-16-4-5-17-18(14-16)26-13-12-25-11-10-24-9-8-23-7-6-20(17)15-19(21)22-2/h1,4-5,14H,6-13,15H2,2H3. The molecule has 1 heterocycles. The van der Waals surface area contributed by atoms with Gasteiger partial charge in [-0.25, -0.2) is 0 Å². The minimum atomic E-state index is -0.346. The van der Waals surface area contributed by atoms with Gasteiger partial charge in [0.25, 0.3) is 0 Å². The van der Waals surface area contributed by atoms with E-state index in [1.165, 1.54) is 7.11 Å². The predicted molar refractivity (Wildman–Crippen MR) is 96.6 cm³/mol. The van der Waals surface area contributed by atoms with Crippen LogP contribution in [0.3, 0.4) is 0 Å². The van der Waals surface area contributed by atoms with E-state index in [1.54, 1.807) is 6.07 Å². The number of nitrogens with zero attached hydrogens (tertiary/aromatic N) is 1. The molecule has 1 aromatic rings. The largest absolute Gasteiger partial charge is 0.489 e. The lowest BCUT2D eigenvalue weighted by Crippen LogP contribution is -2.34. The molecule has 142 valence electrons. The molecule has 0 N–H and O–H groups in total. The topological polar surface area (TPSA) is 66.5 Å². The Labute approximate surface area is 154 Å². The summed E-state index contributed by atoms with van der Waals surface area (Å²) in [6, 6.07) is 5.43. The zero-order valence-electron chi connectivity index (χ0n) is 15.1. The summed E-state index contributed by atoms with van der Waals surface area (Å²) < 4.78 is 27.1. The number of esters is 1. The Balaban J connectivity index is 2.21. The number of anilines is 1. The molecule has 2 rings (SSSR count). The first kappa shape index (κ1) is 20.0.